The number of para-hydroxylation sites is 2. The smallest absolute Gasteiger partial charge is 0.292 e. The van der Waals surface area contributed by atoms with Gasteiger partial charge in [-0.05, 0) is 25.1 Å². The van der Waals surface area contributed by atoms with Gasteiger partial charge in [0.15, 0.2) is 11.5 Å². The Labute approximate surface area is 173 Å². The highest BCUT2D eigenvalue weighted by atomic mass is 35.5. The van der Waals surface area contributed by atoms with Gasteiger partial charge < -0.3 is 19.3 Å². The van der Waals surface area contributed by atoms with Crippen LogP contribution in [-0.2, 0) is 0 Å². The van der Waals surface area contributed by atoms with Crippen molar-refractivity contribution in [3.05, 3.63) is 57.1 Å². The molecular formula is C20H22ClN3O5. The lowest BCUT2D eigenvalue weighted by Gasteiger charge is -2.36. The Morgan fingerprint density at radius 1 is 1.21 bits per heavy atom. The summed E-state index contributed by atoms with van der Waals surface area (Å²) >= 11 is 6.28. The summed E-state index contributed by atoms with van der Waals surface area (Å²) in [6, 6.07) is 9.83. The summed E-state index contributed by atoms with van der Waals surface area (Å²) < 4.78 is 10.8. The van der Waals surface area contributed by atoms with Crippen molar-refractivity contribution in [1.82, 2.24) is 4.90 Å². The van der Waals surface area contributed by atoms with Gasteiger partial charge in [0.1, 0.15) is 5.69 Å². The number of nitro benzene ring substituents is 1. The monoisotopic (exact) mass is 419 g/mol. The highest BCUT2D eigenvalue weighted by Gasteiger charge is 2.27. The lowest BCUT2D eigenvalue weighted by atomic mass is 10.1. The molecule has 2 aromatic carbocycles. The molecule has 0 spiro atoms. The lowest BCUT2D eigenvalue weighted by Crippen LogP contribution is -2.49. The van der Waals surface area contributed by atoms with Gasteiger partial charge in [0, 0.05) is 37.8 Å². The van der Waals surface area contributed by atoms with Crippen LogP contribution < -0.4 is 14.4 Å². The molecular weight excluding hydrogens is 398 g/mol. The van der Waals surface area contributed by atoms with Gasteiger partial charge in [0.05, 0.1) is 23.7 Å². The Hall–Kier alpha value is -3.00. The van der Waals surface area contributed by atoms with Crippen LogP contribution in [0.4, 0.5) is 11.4 Å². The number of nitrogens with zero attached hydrogens (tertiary/aromatic N) is 3. The van der Waals surface area contributed by atoms with Crippen LogP contribution in [0.1, 0.15) is 17.3 Å². The number of hydrogen-bond acceptors (Lipinski definition) is 6. The quantitative estimate of drug-likeness (QED) is 0.525. The fraction of sp³-hybridized carbons (Fsp3) is 0.350. The van der Waals surface area contributed by atoms with Crippen molar-refractivity contribution in [2.75, 3.05) is 44.8 Å². The van der Waals surface area contributed by atoms with E-state index in [0.717, 1.165) is 0 Å². The fourth-order valence-corrected chi connectivity index (χ4v) is 3.61. The molecule has 1 aliphatic rings. The first-order valence-electron chi connectivity index (χ1n) is 9.24. The zero-order chi connectivity index (χ0) is 21.0. The minimum atomic E-state index is -0.388. The number of piperazine rings is 1. The summed E-state index contributed by atoms with van der Waals surface area (Å²) in [6.45, 7) is 4.15. The maximum absolute atomic E-state index is 13.0. The van der Waals surface area contributed by atoms with Gasteiger partial charge in [0.2, 0.25) is 0 Å². The van der Waals surface area contributed by atoms with Gasteiger partial charge in [-0.1, -0.05) is 23.7 Å². The Balaban J connectivity index is 1.74. The number of carbonyl (C=O) groups is 1. The van der Waals surface area contributed by atoms with Crippen LogP contribution in [0, 0.1) is 10.1 Å². The van der Waals surface area contributed by atoms with E-state index in [9.17, 15) is 14.9 Å². The molecule has 8 nitrogen and oxygen atoms in total. The van der Waals surface area contributed by atoms with E-state index in [1.165, 1.54) is 13.2 Å². The molecule has 9 heteroatoms. The van der Waals surface area contributed by atoms with Crippen LogP contribution in [0.15, 0.2) is 36.4 Å². The van der Waals surface area contributed by atoms with E-state index in [0.29, 0.717) is 60.6 Å². The predicted octanol–water partition coefficient (Wildman–Crippen LogP) is 3.62. The minimum absolute atomic E-state index is 0.0651. The van der Waals surface area contributed by atoms with Crippen LogP contribution >= 0.6 is 11.6 Å². The number of hydrogen-bond donors (Lipinski definition) is 0. The Morgan fingerprint density at radius 2 is 1.90 bits per heavy atom. The third-order valence-electron chi connectivity index (χ3n) is 4.75. The third kappa shape index (κ3) is 4.37. The molecule has 2 aromatic rings. The van der Waals surface area contributed by atoms with Crippen molar-refractivity contribution in [3.8, 4) is 11.5 Å². The zero-order valence-corrected chi connectivity index (χ0v) is 17.0. The summed E-state index contributed by atoms with van der Waals surface area (Å²) in [5, 5.41) is 11.6. The Morgan fingerprint density at radius 3 is 2.52 bits per heavy atom. The Bertz CT molecular complexity index is 913. The summed E-state index contributed by atoms with van der Waals surface area (Å²) in [5.74, 6) is 0.645. The van der Waals surface area contributed by atoms with Gasteiger partial charge >= 0.3 is 0 Å². The van der Waals surface area contributed by atoms with E-state index >= 15 is 0 Å². The van der Waals surface area contributed by atoms with Gasteiger partial charge in [0.25, 0.3) is 11.6 Å². The molecule has 154 valence electrons. The second-order valence-corrected chi connectivity index (χ2v) is 6.85. The van der Waals surface area contributed by atoms with E-state index in [2.05, 4.69) is 0 Å². The summed E-state index contributed by atoms with van der Waals surface area (Å²) in [5.41, 5.74) is 1.04. The second kappa shape index (κ2) is 9.00. The van der Waals surface area contributed by atoms with E-state index < -0.39 is 0 Å². The molecule has 1 saturated heterocycles. The minimum Gasteiger partial charge on any atom is -0.493 e. The largest absolute Gasteiger partial charge is 0.493 e. The van der Waals surface area contributed by atoms with Gasteiger partial charge in [-0.3, -0.25) is 14.9 Å². The maximum Gasteiger partial charge on any atom is 0.292 e. The predicted molar refractivity (Wildman–Crippen MR) is 110 cm³/mol. The zero-order valence-electron chi connectivity index (χ0n) is 16.3. The molecule has 29 heavy (non-hydrogen) atoms. The summed E-state index contributed by atoms with van der Waals surface area (Å²) in [7, 11) is 1.49. The number of benzene rings is 2. The van der Waals surface area contributed by atoms with Crippen LogP contribution in [-0.4, -0.2) is 55.6 Å². The molecule has 0 aromatic heterocycles. The highest BCUT2D eigenvalue weighted by Crippen LogP contribution is 2.37. The maximum atomic E-state index is 13.0. The summed E-state index contributed by atoms with van der Waals surface area (Å²) in [4.78, 5) is 27.5. The van der Waals surface area contributed by atoms with Gasteiger partial charge in [-0.2, -0.15) is 0 Å². The number of methoxy groups -OCH3 is 1. The molecule has 3 rings (SSSR count). The molecule has 0 saturated carbocycles. The van der Waals surface area contributed by atoms with Crippen molar-refractivity contribution in [1.29, 1.82) is 0 Å². The molecule has 0 atom stereocenters. The van der Waals surface area contributed by atoms with E-state index in [1.54, 1.807) is 35.2 Å². The normalized spacial score (nSPS) is 13.9. The molecule has 0 radical (unpaired) electrons. The average Bonchev–Trinajstić information content (AvgIpc) is 2.74. The number of halogens is 1. The van der Waals surface area contributed by atoms with Crippen molar-refractivity contribution in [3.63, 3.8) is 0 Å². The average molecular weight is 420 g/mol. The summed E-state index contributed by atoms with van der Waals surface area (Å²) in [6.07, 6.45) is 0. The van der Waals surface area contributed by atoms with Crippen molar-refractivity contribution in [2.45, 2.75) is 6.92 Å². The molecule has 1 amide bonds. The number of rotatable bonds is 6. The van der Waals surface area contributed by atoms with Crippen LogP contribution in [0.3, 0.4) is 0 Å². The van der Waals surface area contributed by atoms with Crippen molar-refractivity contribution in [2.24, 2.45) is 0 Å². The van der Waals surface area contributed by atoms with Crippen LogP contribution in [0.25, 0.3) is 0 Å². The third-order valence-corrected chi connectivity index (χ3v) is 5.03. The molecule has 0 N–H and O–H groups in total. The van der Waals surface area contributed by atoms with Crippen molar-refractivity contribution >= 4 is 28.9 Å². The number of ether oxygens (including phenoxy) is 2. The molecule has 1 heterocycles. The fourth-order valence-electron chi connectivity index (χ4n) is 3.35. The lowest BCUT2D eigenvalue weighted by molar-refractivity contribution is -0.384. The number of nitro groups is 1. The SMILES string of the molecule is CCOc1c(Cl)cc(C(=O)N2CCN(c3ccccc3[N+](=O)[O-])CC2)cc1OC. The highest BCUT2D eigenvalue weighted by molar-refractivity contribution is 6.32. The van der Waals surface area contributed by atoms with E-state index in [-0.39, 0.29) is 16.5 Å². The van der Waals surface area contributed by atoms with E-state index in [1.807, 2.05) is 11.8 Å². The molecule has 1 fully saturated rings. The molecule has 0 aliphatic carbocycles. The second-order valence-electron chi connectivity index (χ2n) is 6.45. The first-order valence-corrected chi connectivity index (χ1v) is 9.62. The Kier molecular flexibility index (Phi) is 6.43. The topological polar surface area (TPSA) is 85.2 Å². The number of amides is 1. The first kappa shape index (κ1) is 20.7. The standard InChI is InChI=1S/C20H22ClN3O5/c1-3-29-19-15(21)12-14(13-18(19)28-2)20(25)23-10-8-22(9-11-23)16-6-4-5-7-17(16)24(26)27/h4-7,12-13H,3,8-11H2,1-2H3. The van der Waals surface area contributed by atoms with Gasteiger partial charge in [-0.15, -0.1) is 0 Å². The first-order chi connectivity index (χ1) is 14.0. The molecule has 0 unspecified atom stereocenters. The molecule has 0 bridgehead atoms. The van der Waals surface area contributed by atoms with Crippen LogP contribution in [0.5, 0.6) is 11.5 Å². The van der Waals surface area contributed by atoms with Crippen molar-refractivity contribution < 1.29 is 19.2 Å². The molecule has 1 aliphatic heterocycles. The van der Waals surface area contributed by atoms with Crippen LogP contribution in [0.2, 0.25) is 5.02 Å². The van der Waals surface area contributed by atoms with E-state index in [4.69, 9.17) is 21.1 Å². The number of carbonyl (C=O) groups excluding carboxylic acids is 1. The van der Waals surface area contributed by atoms with Gasteiger partial charge in [-0.25, -0.2) is 0 Å². The number of anilines is 1.